The molecule has 0 aromatic heterocycles. The molecule has 2 aromatic rings. The molecule has 0 aliphatic carbocycles. The maximum Gasteiger partial charge on any atom is 0.243 e. The van der Waals surface area contributed by atoms with Crippen LogP contribution in [-0.2, 0) is 26.2 Å². The molecule has 0 saturated carbocycles. The monoisotopic (exact) mass is 551 g/mol. The first kappa shape index (κ1) is 28.6. The Morgan fingerprint density at radius 2 is 1.81 bits per heavy atom. The van der Waals surface area contributed by atoms with Gasteiger partial charge >= 0.3 is 0 Å². The lowest BCUT2D eigenvalue weighted by atomic mass is 10.1. The lowest BCUT2D eigenvalue weighted by Gasteiger charge is -2.32. The van der Waals surface area contributed by atoms with Crippen LogP contribution in [0.15, 0.2) is 42.5 Å². The van der Waals surface area contributed by atoms with E-state index < -0.39 is 16.1 Å². The van der Waals surface area contributed by atoms with E-state index in [0.29, 0.717) is 28.6 Å². The molecule has 1 atom stereocenters. The fraction of sp³-hybridized carbons (Fsp3) is 0.462. The number of carbonyl (C=O) groups is 2. The van der Waals surface area contributed by atoms with Crippen LogP contribution in [0.3, 0.4) is 0 Å². The van der Waals surface area contributed by atoms with E-state index in [-0.39, 0.29) is 50.6 Å². The lowest BCUT2D eigenvalue weighted by molar-refractivity contribution is -0.141. The molecule has 1 N–H and O–H groups in total. The molecular weight excluding hydrogens is 518 g/mol. The van der Waals surface area contributed by atoms with Crippen LogP contribution in [0.4, 0.5) is 5.69 Å². The van der Waals surface area contributed by atoms with E-state index in [9.17, 15) is 18.0 Å². The Kier molecular flexibility index (Phi) is 9.67. The van der Waals surface area contributed by atoms with Crippen molar-refractivity contribution in [3.05, 3.63) is 53.1 Å². The third kappa shape index (κ3) is 7.52. The second-order valence-corrected chi connectivity index (χ2v) is 11.5. The molecule has 11 heteroatoms. The van der Waals surface area contributed by atoms with Gasteiger partial charge in [-0.1, -0.05) is 36.7 Å². The summed E-state index contributed by atoms with van der Waals surface area (Å²) in [4.78, 5) is 28.0. The van der Waals surface area contributed by atoms with E-state index in [1.54, 1.807) is 30.3 Å². The molecule has 0 saturated heterocycles. The van der Waals surface area contributed by atoms with Crippen molar-refractivity contribution in [2.24, 2.45) is 0 Å². The Balaban J connectivity index is 1.77. The third-order valence-corrected chi connectivity index (χ3v) is 7.47. The summed E-state index contributed by atoms with van der Waals surface area (Å²) in [6.07, 6.45) is 1.84. The number of fused-ring (bicyclic) bond motifs is 1. The summed E-state index contributed by atoms with van der Waals surface area (Å²) in [5.41, 5.74) is 1.15. The molecule has 0 spiro atoms. The Morgan fingerprint density at radius 3 is 2.46 bits per heavy atom. The quantitative estimate of drug-likeness (QED) is 0.428. The lowest BCUT2D eigenvalue weighted by Crippen LogP contribution is -2.50. The number of hydrogen-bond donors (Lipinski definition) is 1. The summed E-state index contributed by atoms with van der Waals surface area (Å²) in [7, 11) is -3.63. The van der Waals surface area contributed by atoms with Crippen LogP contribution < -0.4 is 19.1 Å². The summed E-state index contributed by atoms with van der Waals surface area (Å²) < 4.78 is 37.0. The number of rotatable bonds is 12. The first-order valence-corrected chi connectivity index (χ1v) is 14.4. The van der Waals surface area contributed by atoms with Crippen molar-refractivity contribution in [1.29, 1.82) is 0 Å². The van der Waals surface area contributed by atoms with E-state index >= 15 is 0 Å². The fourth-order valence-electron chi connectivity index (χ4n) is 4.15. The van der Waals surface area contributed by atoms with Crippen LogP contribution in [0.25, 0.3) is 0 Å². The zero-order valence-electron chi connectivity index (χ0n) is 21.6. The summed E-state index contributed by atoms with van der Waals surface area (Å²) in [6, 6.07) is 11.3. The van der Waals surface area contributed by atoms with Crippen LogP contribution in [0.1, 0.15) is 45.6 Å². The molecule has 9 nitrogen and oxygen atoms in total. The predicted octanol–water partition coefficient (Wildman–Crippen LogP) is 3.95. The average molecular weight is 552 g/mol. The molecule has 2 aromatic carbocycles. The Labute approximate surface area is 223 Å². The topological polar surface area (TPSA) is 105 Å². The highest BCUT2D eigenvalue weighted by molar-refractivity contribution is 7.92. The normalized spacial score (nSPS) is 13.4. The van der Waals surface area contributed by atoms with Gasteiger partial charge in [0.1, 0.15) is 6.04 Å². The van der Waals surface area contributed by atoms with Crippen LogP contribution >= 0.6 is 11.6 Å². The van der Waals surface area contributed by atoms with Crippen molar-refractivity contribution < 1.29 is 27.5 Å². The van der Waals surface area contributed by atoms with Gasteiger partial charge in [-0.3, -0.25) is 13.9 Å². The van der Waals surface area contributed by atoms with Gasteiger partial charge in [-0.2, -0.15) is 0 Å². The molecule has 2 amide bonds. The van der Waals surface area contributed by atoms with E-state index in [0.717, 1.165) is 11.8 Å². The van der Waals surface area contributed by atoms with Crippen molar-refractivity contribution in [3.63, 3.8) is 0 Å². The standard InChI is InChI=1S/C26H34ClN3O6S/c1-5-22(26(32)28-18(2)3)29(16-19-9-6-7-10-21(19)27)25(31)11-8-14-30(37(4,33)34)20-12-13-23-24(15-20)36-17-35-23/h6-7,9-10,12-13,15,18,22H,5,8,11,14,16-17H2,1-4H3,(H,28,32)/t22-/m0/s1. The largest absolute Gasteiger partial charge is 0.454 e. The molecule has 0 unspecified atom stereocenters. The predicted molar refractivity (Wildman–Crippen MR) is 143 cm³/mol. The first-order valence-electron chi connectivity index (χ1n) is 12.2. The van der Waals surface area contributed by atoms with Crippen molar-refractivity contribution in [2.75, 3.05) is 23.9 Å². The van der Waals surface area contributed by atoms with Gasteiger partial charge in [0.2, 0.25) is 28.6 Å². The number of ether oxygens (including phenoxy) is 2. The molecule has 1 aliphatic heterocycles. The van der Waals surface area contributed by atoms with Crippen molar-refractivity contribution >= 4 is 39.1 Å². The maximum atomic E-state index is 13.5. The zero-order chi connectivity index (χ0) is 27.2. The summed E-state index contributed by atoms with van der Waals surface area (Å²) >= 11 is 6.36. The first-order chi connectivity index (χ1) is 17.5. The number of anilines is 1. The highest BCUT2D eigenvalue weighted by Gasteiger charge is 2.30. The smallest absolute Gasteiger partial charge is 0.243 e. The minimum Gasteiger partial charge on any atom is -0.454 e. The van der Waals surface area contributed by atoms with E-state index in [1.165, 1.54) is 9.21 Å². The van der Waals surface area contributed by atoms with E-state index in [4.69, 9.17) is 21.1 Å². The number of nitrogens with one attached hydrogen (secondary N) is 1. The molecule has 0 bridgehead atoms. The molecular formula is C26H34ClN3O6S. The Morgan fingerprint density at radius 1 is 1.11 bits per heavy atom. The molecule has 0 fully saturated rings. The van der Waals surface area contributed by atoms with Gasteiger partial charge in [-0.25, -0.2) is 8.42 Å². The Bertz CT molecular complexity index is 1220. The number of benzene rings is 2. The van der Waals surface area contributed by atoms with Gasteiger partial charge < -0.3 is 19.7 Å². The molecule has 202 valence electrons. The number of sulfonamides is 1. The van der Waals surface area contributed by atoms with Crippen LogP contribution in [-0.4, -0.2) is 56.8 Å². The number of hydrogen-bond acceptors (Lipinski definition) is 6. The van der Waals surface area contributed by atoms with Crippen LogP contribution in [0.2, 0.25) is 5.02 Å². The fourth-order valence-corrected chi connectivity index (χ4v) is 5.31. The van der Waals surface area contributed by atoms with Crippen LogP contribution in [0.5, 0.6) is 11.5 Å². The van der Waals surface area contributed by atoms with Gasteiger partial charge in [0.25, 0.3) is 0 Å². The van der Waals surface area contributed by atoms with Gasteiger partial charge in [-0.15, -0.1) is 0 Å². The molecule has 0 radical (unpaired) electrons. The van der Waals surface area contributed by atoms with Gasteiger partial charge in [0, 0.05) is 36.6 Å². The molecule has 1 heterocycles. The second-order valence-electron chi connectivity index (χ2n) is 9.18. The van der Waals surface area contributed by atoms with Gasteiger partial charge in [0.05, 0.1) is 11.9 Å². The Hall–Kier alpha value is -2.98. The summed E-state index contributed by atoms with van der Waals surface area (Å²) in [5, 5.41) is 3.40. The van der Waals surface area contributed by atoms with Gasteiger partial charge in [0.15, 0.2) is 11.5 Å². The average Bonchev–Trinajstić information content (AvgIpc) is 3.29. The van der Waals surface area contributed by atoms with Crippen molar-refractivity contribution in [1.82, 2.24) is 10.2 Å². The number of carbonyl (C=O) groups excluding carboxylic acids is 2. The van der Waals surface area contributed by atoms with Crippen LogP contribution in [0, 0.1) is 0 Å². The van der Waals surface area contributed by atoms with E-state index in [1.807, 2.05) is 32.9 Å². The minimum absolute atomic E-state index is 0.0481. The SMILES string of the molecule is CC[C@@H](C(=O)NC(C)C)N(Cc1ccccc1Cl)C(=O)CCCN(c1ccc2c(c1)OCO2)S(C)(=O)=O. The van der Waals surface area contributed by atoms with Crippen molar-refractivity contribution in [2.45, 2.75) is 58.7 Å². The van der Waals surface area contributed by atoms with Gasteiger partial charge in [-0.05, 0) is 50.5 Å². The minimum atomic E-state index is -3.63. The number of amides is 2. The molecule has 3 rings (SSSR count). The third-order valence-electron chi connectivity index (χ3n) is 5.91. The number of halogens is 1. The summed E-state index contributed by atoms with van der Waals surface area (Å²) in [5.74, 6) is 0.517. The molecule has 1 aliphatic rings. The second kappa shape index (κ2) is 12.5. The maximum absolute atomic E-state index is 13.5. The van der Waals surface area contributed by atoms with E-state index in [2.05, 4.69) is 5.32 Å². The molecule has 37 heavy (non-hydrogen) atoms. The highest BCUT2D eigenvalue weighted by Crippen LogP contribution is 2.36. The summed E-state index contributed by atoms with van der Waals surface area (Å²) in [6.45, 7) is 5.90. The number of nitrogens with zero attached hydrogens (tertiary/aromatic N) is 2. The zero-order valence-corrected chi connectivity index (χ0v) is 23.1. The highest BCUT2D eigenvalue weighted by atomic mass is 35.5. The van der Waals surface area contributed by atoms with Crippen molar-refractivity contribution in [3.8, 4) is 11.5 Å².